The van der Waals surface area contributed by atoms with Crippen LogP contribution in [0, 0.1) is 5.92 Å². The molecule has 0 spiro atoms. The van der Waals surface area contributed by atoms with Crippen molar-refractivity contribution < 1.29 is 9.90 Å². The number of nitrogens with one attached hydrogen (secondary N) is 1. The van der Waals surface area contributed by atoms with Crippen LogP contribution in [0.5, 0.6) is 0 Å². The smallest absolute Gasteiger partial charge is 0.237 e. The Morgan fingerprint density at radius 2 is 2.09 bits per heavy atom. The molecule has 22 heavy (non-hydrogen) atoms. The minimum atomic E-state index is -0.133. The van der Waals surface area contributed by atoms with Gasteiger partial charge in [-0.05, 0) is 37.3 Å². The first kappa shape index (κ1) is 17.0. The van der Waals surface area contributed by atoms with Gasteiger partial charge in [0.25, 0.3) is 0 Å². The van der Waals surface area contributed by atoms with Crippen LogP contribution in [0.2, 0.25) is 0 Å². The molecule has 4 nitrogen and oxygen atoms in total. The fraction of sp³-hybridized carbons (Fsp3) is 0.611. The molecule has 1 aromatic carbocycles. The fourth-order valence-electron chi connectivity index (χ4n) is 3.18. The van der Waals surface area contributed by atoms with E-state index in [9.17, 15) is 9.90 Å². The molecule has 0 radical (unpaired) electrons. The number of carbonyl (C=O) groups excluding carboxylic acids is 1. The zero-order valence-corrected chi connectivity index (χ0v) is 13.7. The molecule has 1 aliphatic rings. The summed E-state index contributed by atoms with van der Waals surface area (Å²) in [5.74, 6) is 0.523. The predicted octanol–water partition coefficient (Wildman–Crippen LogP) is 2.17. The molecule has 2 rings (SSSR count). The highest BCUT2D eigenvalue weighted by Gasteiger charge is 2.31. The Balaban J connectivity index is 1.93. The summed E-state index contributed by atoms with van der Waals surface area (Å²) < 4.78 is 0. The number of benzene rings is 1. The Morgan fingerprint density at radius 3 is 2.73 bits per heavy atom. The Hall–Kier alpha value is -1.39. The van der Waals surface area contributed by atoms with Gasteiger partial charge in [0, 0.05) is 6.54 Å². The van der Waals surface area contributed by atoms with E-state index in [1.807, 2.05) is 18.2 Å². The second-order valence-electron chi connectivity index (χ2n) is 6.63. The number of aliphatic hydroxyl groups excluding tert-OH is 1. The molecule has 2 N–H and O–H groups in total. The van der Waals surface area contributed by atoms with E-state index >= 15 is 0 Å². The summed E-state index contributed by atoms with van der Waals surface area (Å²) in [7, 11) is 0. The number of hydrogen-bond donors (Lipinski definition) is 2. The summed E-state index contributed by atoms with van der Waals surface area (Å²) in [6.45, 7) is 5.99. The monoisotopic (exact) mass is 304 g/mol. The summed E-state index contributed by atoms with van der Waals surface area (Å²) in [5.41, 5.74) is 1.24. The van der Waals surface area contributed by atoms with E-state index in [0.717, 1.165) is 32.4 Å². The SMILES string of the molecule is CC(C)CC(CO)NC(=O)C1CCCN1Cc1ccccc1. The highest BCUT2D eigenvalue weighted by Crippen LogP contribution is 2.20. The van der Waals surface area contributed by atoms with Crippen molar-refractivity contribution in [3.05, 3.63) is 35.9 Å². The van der Waals surface area contributed by atoms with E-state index in [4.69, 9.17) is 0 Å². The molecular formula is C18H28N2O2. The third-order valence-corrected chi connectivity index (χ3v) is 4.22. The van der Waals surface area contributed by atoms with Crippen LogP contribution in [0.15, 0.2) is 30.3 Å². The first-order chi connectivity index (χ1) is 10.6. The lowest BCUT2D eigenvalue weighted by Gasteiger charge is -2.26. The van der Waals surface area contributed by atoms with E-state index in [-0.39, 0.29) is 24.6 Å². The normalized spacial score (nSPS) is 20.3. The van der Waals surface area contributed by atoms with Gasteiger partial charge in [0.1, 0.15) is 0 Å². The zero-order valence-electron chi connectivity index (χ0n) is 13.7. The van der Waals surface area contributed by atoms with Crippen molar-refractivity contribution in [3.63, 3.8) is 0 Å². The Morgan fingerprint density at radius 1 is 1.36 bits per heavy atom. The Labute approximate surface area is 133 Å². The van der Waals surface area contributed by atoms with Crippen LogP contribution >= 0.6 is 0 Å². The molecule has 1 aliphatic heterocycles. The van der Waals surface area contributed by atoms with Gasteiger partial charge in [-0.3, -0.25) is 9.69 Å². The number of aliphatic hydroxyl groups is 1. The standard InChI is InChI=1S/C18H28N2O2/c1-14(2)11-16(13-21)19-18(22)17-9-6-10-20(17)12-15-7-4-3-5-8-15/h3-5,7-8,14,16-17,21H,6,9-13H2,1-2H3,(H,19,22). The summed E-state index contributed by atoms with van der Waals surface area (Å²) in [4.78, 5) is 14.8. The average molecular weight is 304 g/mol. The van der Waals surface area contributed by atoms with Crippen molar-refractivity contribution in [2.24, 2.45) is 5.92 Å². The van der Waals surface area contributed by atoms with Gasteiger partial charge in [-0.25, -0.2) is 0 Å². The van der Waals surface area contributed by atoms with Crippen molar-refractivity contribution in [2.45, 2.75) is 51.7 Å². The molecule has 0 saturated carbocycles. The van der Waals surface area contributed by atoms with Crippen LogP contribution in [-0.4, -0.2) is 41.1 Å². The minimum absolute atomic E-state index is 0.00925. The molecule has 1 heterocycles. The molecule has 0 aliphatic carbocycles. The van der Waals surface area contributed by atoms with Crippen molar-refractivity contribution in [3.8, 4) is 0 Å². The summed E-state index contributed by atoms with van der Waals surface area (Å²) in [6.07, 6.45) is 2.77. The number of likely N-dealkylation sites (tertiary alicyclic amines) is 1. The molecule has 1 saturated heterocycles. The van der Waals surface area contributed by atoms with Crippen LogP contribution in [0.1, 0.15) is 38.7 Å². The second kappa shape index (κ2) is 8.30. The largest absolute Gasteiger partial charge is 0.394 e. The number of nitrogens with zero attached hydrogens (tertiary/aromatic N) is 1. The lowest BCUT2D eigenvalue weighted by molar-refractivity contribution is -0.126. The first-order valence-electron chi connectivity index (χ1n) is 8.29. The van der Waals surface area contributed by atoms with Crippen molar-refractivity contribution in [1.82, 2.24) is 10.2 Å². The molecule has 1 fully saturated rings. The fourth-order valence-corrected chi connectivity index (χ4v) is 3.18. The van der Waals surface area contributed by atoms with Crippen LogP contribution < -0.4 is 5.32 Å². The Kier molecular flexibility index (Phi) is 6.40. The second-order valence-corrected chi connectivity index (χ2v) is 6.63. The van der Waals surface area contributed by atoms with Crippen LogP contribution in [0.3, 0.4) is 0 Å². The predicted molar refractivity (Wildman–Crippen MR) is 88.3 cm³/mol. The number of hydrogen-bond acceptors (Lipinski definition) is 3. The summed E-state index contributed by atoms with van der Waals surface area (Å²) in [6, 6.07) is 10.1. The van der Waals surface area contributed by atoms with Crippen LogP contribution in [0.25, 0.3) is 0 Å². The third kappa shape index (κ3) is 4.82. The number of carbonyl (C=O) groups is 1. The first-order valence-corrected chi connectivity index (χ1v) is 8.29. The minimum Gasteiger partial charge on any atom is -0.394 e. The van der Waals surface area contributed by atoms with Gasteiger partial charge in [-0.1, -0.05) is 44.2 Å². The van der Waals surface area contributed by atoms with Gasteiger partial charge in [-0.2, -0.15) is 0 Å². The van der Waals surface area contributed by atoms with E-state index < -0.39 is 0 Å². The summed E-state index contributed by atoms with van der Waals surface area (Å²) in [5, 5.41) is 12.5. The maximum atomic E-state index is 12.5. The average Bonchev–Trinajstić information content (AvgIpc) is 2.95. The van der Waals surface area contributed by atoms with Crippen molar-refractivity contribution >= 4 is 5.91 Å². The van der Waals surface area contributed by atoms with Crippen molar-refractivity contribution in [2.75, 3.05) is 13.2 Å². The highest BCUT2D eigenvalue weighted by molar-refractivity contribution is 5.82. The van der Waals surface area contributed by atoms with Gasteiger partial charge in [0.2, 0.25) is 5.91 Å². The topological polar surface area (TPSA) is 52.6 Å². The van der Waals surface area contributed by atoms with E-state index in [2.05, 4.69) is 36.2 Å². The van der Waals surface area contributed by atoms with Gasteiger partial charge >= 0.3 is 0 Å². The zero-order chi connectivity index (χ0) is 15.9. The van der Waals surface area contributed by atoms with Gasteiger partial charge in [0.15, 0.2) is 0 Å². The number of amides is 1. The molecule has 0 bridgehead atoms. The molecule has 2 unspecified atom stereocenters. The summed E-state index contributed by atoms with van der Waals surface area (Å²) >= 11 is 0. The van der Waals surface area contributed by atoms with E-state index in [0.29, 0.717) is 5.92 Å². The van der Waals surface area contributed by atoms with Gasteiger partial charge < -0.3 is 10.4 Å². The molecule has 122 valence electrons. The number of rotatable bonds is 7. The maximum Gasteiger partial charge on any atom is 0.237 e. The third-order valence-electron chi connectivity index (χ3n) is 4.22. The van der Waals surface area contributed by atoms with Crippen LogP contribution in [-0.2, 0) is 11.3 Å². The molecular weight excluding hydrogens is 276 g/mol. The van der Waals surface area contributed by atoms with Crippen molar-refractivity contribution in [1.29, 1.82) is 0 Å². The molecule has 1 aromatic rings. The lowest BCUT2D eigenvalue weighted by Crippen LogP contribution is -2.48. The quantitative estimate of drug-likeness (QED) is 0.812. The lowest BCUT2D eigenvalue weighted by atomic mass is 10.0. The Bertz CT molecular complexity index is 461. The highest BCUT2D eigenvalue weighted by atomic mass is 16.3. The molecule has 4 heteroatoms. The maximum absolute atomic E-state index is 12.5. The van der Waals surface area contributed by atoms with E-state index in [1.54, 1.807) is 0 Å². The van der Waals surface area contributed by atoms with E-state index in [1.165, 1.54) is 5.56 Å². The van der Waals surface area contributed by atoms with Gasteiger partial charge in [-0.15, -0.1) is 0 Å². The molecule has 2 atom stereocenters. The van der Waals surface area contributed by atoms with Crippen LogP contribution in [0.4, 0.5) is 0 Å². The molecule has 1 amide bonds. The van der Waals surface area contributed by atoms with Gasteiger partial charge in [0.05, 0.1) is 18.7 Å². The molecule has 0 aromatic heterocycles.